The fraction of sp³-hybridized carbons (Fsp3) is 1.00. The highest BCUT2D eigenvalue weighted by Crippen LogP contribution is 2.48. The van der Waals surface area contributed by atoms with Crippen LogP contribution in [0.4, 0.5) is 0 Å². The van der Waals surface area contributed by atoms with E-state index in [1.165, 1.54) is 58.0 Å². The van der Waals surface area contributed by atoms with Crippen molar-refractivity contribution in [3.8, 4) is 0 Å². The van der Waals surface area contributed by atoms with Gasteiger partial charge >= 0.3 is 0 Å². The van der Waals surface area contributed by atoms with E-state index in [1.54, 1.807) is 0 Å². The van der Waals surface area contributed by atoms with Crippen LogP contribution in [0.3, 0.4) is 0 Å². The molecular formula is C16H33N. The van der Waals surface area contributed by atoms with E-state index in [0.717, 1.165) is 0 Å². The minimum Gasteiger partial charge on any atom is -0.306 e. The van der Waals surface area contributed by atoms with Crippen molar-refractivity contribution in [2.75, 3.05) is 20.1 Å². The van der Waals surface area contributed by atoms with Gasteiger partial charge in [0.1, 0.15) is 0 Å². The van der Waals surface area contributed by atoms with Crippen LogP contribution in [0, 0.1) is 10.8 Å². The van der Waals surface area contributed by atoms with E-state index < -0.39 is 0 Å². The molecule has 2 rings (SSSR count). The van der Waals surface area contributed by atoms with Gasteiger partial charge in [-0.15, -0.1) is 0 Å². The van der Waals surface area contributed by atoms with Gasteiger partial charge in [-0.1, -0.05) is 40.5 Å². The summed E-state index contributed by atoms with van der Waals surface area (Å²) in [6, 6.07) is 0. The molecule has 2 atom stereocenters. The van der Waals surface area contributed by atoms with E-state index in [9.17, 15) is 0 Å². The molecule has 0 radical (unpaired) electrons. The van der Waals surface area contributed by atoms with Gasteiger partial charge in [-0.3, -0.25) is 0 Å². The first-order chi connectivity index (χ1) is 8.08. The molecule has 1 aliphatic carbocycles. The first kappa shape index (κ1) is 15.0. The van der Waals surface area contributed by atoms with Crippen LogP contribution in [0.2, 0.25) is 0 Å². The van der Waals surface area contributed by atoms with Crippen molar-refractivity contribution in [3.05, 3.63) is 0 Å². The van der Waals surface area contributed by atoms with Crippen LogP contribution < -0.4 is 0 Å². The molecule has 2 fully saturated rings. The van der Waals surface area contributed by atoms with Crippen molar-refractivity contribution in [3.63, 3.8) is 0 Å². The van der Waals surface area contributed by atoms with Crippen LogP contribution in [0.15, 0.2) is 0 Å². The Morgan fingerprint density at radius 3 is 2.24 bits per heavy atom. The van der Waals surface area contributed by atoms with E-state index in [-0.39, 0.29) is 0 Å². The Balaban J connectivity index is 0.000000686. The lowest BCUT2D eigenvalue weighted by atomic mass is 9.76. The highest BCUT2D eigenvalue weighted by Gasteiger charge is 2.40. The fourth-order valence-electron chi connectivity index (χ4n) is 3.63. The highest BCUT2D eigenvalue weighted by atomic mass is 15.1. The van der Waals surface area contributed by atoms with Gasteiger partial charge < -0.3 is 4.90 Å². The Hall–Kier alpha value is -0.0400. The smallest absolute Gasteiger partial charge is 0.00354 e. The molecule has 0 amide bonds. The van der Waals surface area contributed by atoms with Crippen molar-refractivity contribution >= 4 is 0 Å². The lowest BCUT2D eigenvalue weighted by Crippen LogP contribution is -2.25. The van der Waals surface area contributed by atoms with Gasteiger partial charge in [0, 0.05) is 6.54 Å². The second-order valence-electron chi connectivity index (χ2n) is 6.51. The normalized spacial score (nSPS) is 38.6. The quantitative estimate of drug-likeness (QED) is 0.640. The molecule has 1 saturated carbocycles. The number of nitrogens with zero attached hydrogens (tertiary/aromatic N) is 1. The Morgan fingerprint density at radius 1 is 1.00 bits per heavy atom. The zero-order valence-electron chi connectivity index (χ0n) is 12.8. The molecule has 1 nitrogen and oxygen atoms in total. The highest BCUT2D eigenvalue weighted by molar-refractivity contribution is 4.93. The van der Waals surface area contributed by atoms with E-state index in [0.29, 0.717) is 10.8 Å². The van der Waals surface area contributed by atoms with Crippen LogP contribution in [0.5, 0.6) is 0 Å². The molecule has 1 spiro atoms. The summed E-state index contributed by atoms with van der Waals surface area (Å²) in [5, 5.41) is 0. The van der Waals surface area contributed by atoms with Crippen molar-refractivity contribution in [1.29, 1.82) is 0 Å². The summed E-state index contributed by atoms with van der Waals surface area (Å²) in [5.74, 6) is 0. The van der Waals surface area contributed by atoms with Crippen molar-refractivity contribution in [2.24, 2.45) is 10.8 Å². The van der Waals surface area contributed by atoms with Crippen molar-refractivity contribution in [2.45, 2.75) is 72.6 Å². The Morgan fingerprint density at radius 2 is 1.71 bits per heavy atom. The van der Waals surface area contributed by atoms with Crippen molar-refractivity contribution in [1.82, 2.24) is 4.90 Å². The van der Waals surface area contributed by atoms with Crippen LogP contribution >= 0.6 is 0 Å². The molecular weight excluding hydrogens is 206 g/mol. The molecule has 0 aromatic carbocycles. The summed E-state index contributed by atoms with van der Waals surface area (Å²) in [6.45, 7) is 11.6. The summed E-state index contributed by atoms with van der Waals surface area (Å²) < 4.78 is 0. The van der Waals surface area contributed by atoms with Gasteiger partial charge in [0.2, 0.25) is 0 Å². The minimum absolute atomic E-state index is 0.657. The van der Waals surface area contributed by atoms with Gasteiger partial charge in [0.25, 0.3) is 0 Å². The molecule has 0 N–H and O–H groups in total. The third kappa shape index (κ3) is 3.71. The third-order valence-electron chi connectivity index (χ3n) is 5.23. The maximum absolute atomic E-state index is 2.54. The summed E-state index contributed by atoms with van der Waals surface area (Å²) >= 11 is 0. The van der Waals surface area contributed by atoms with Crippen molar-refractivity contribution < 1.29 is 0 Å². The standard InChI is InChI=1S/C14H27N.C2H6/c1-4-13(2)6-5-7-14(9-8-13)10-11-15(3)12-14;1-2/h4-12H2,1-3H3;1-2H3. The Kier molecular flexibility index (Phi) is 5.50. The zero-order chi connectivity index (χ0) is 12.9. The lowest BCUT2D eigenvalue weighted by molar-refractivity contribution is 0.218. The molecule has 0 bridgehead atoms. The third-order valence-corrected chi connectivity index (χ3v) is 5.23. The van der Waals surface area contributed by atoms with Gasteiger partial charge in [-0.05, 0) is 56.5 Å². The summed E-state index contributed by atoms with van der Waals surface area (Å²) in [5.41, 5.74) is 1.37. The average Bonchev–Trinajstić information content (AvgIpc) is 2.63. The average molecular weight is 239 g/mol. The molecule has 1 heteroatoms. The maximum atomic E-state index is 2.54. The summed E-state index contributed by atoms with van der Waals surface area (Å²) in [4.78, 5) is 2.54. The van der Waals surface area contributed by atoms with Crippen LogP contribution in [-0.4, -0.2) is 25.0 Å². The monoisotopic (exact) mass is 239 g/mol. The molecule has 1 aliphatic heterocycles. The second kappa shape index (κ2) is 6.22. The van der Waals surface area contributed by atoms with E-state index in [4.69, 9.17) is 0 Å². The molecule has 2 aliphatic rings. The van der Waals surface area contributed by atoms with Gasteiger partial charge in [-0.2, -0.15) is 0 Å². The predicted molar refractivity (Wildman–Crippen MR) is 77.4 cm³/mol. The molecule has 2 unspecified atom stereocenters. The Labute approximate surface area is 109 Å². The number of hydrogen-bond donors (Lipinski definition) is 0. The Bertz CT molecular complexity index is 226. The minimum atomic E-state index is 0.657. The first-order valence-electron chi connectivity index (χ1n) is 7.76. The molecule has 0 aromatic heterocycles. The summed E-state index contributed by atoms with van der Waals surface area (Å²) in [6.07, 6.45) is 10.2. The van der Waals surface area contributed by atoms with Gasteiger partial charge in [-0.25, -0.2) is 0 Å². The van der Waals surface area contributed by atoms with Crippen LogP contribution in [0.25, 0.3) is 0 Å². The first-order valence-corrected chi connectivity index (χ1v) is 7.76. The number of hydrogen-bond acceptors (Lipinski definition) is 1. The second-order valence-corrected chi connectivity index (χ2v) is 6.51. The van der Waals surface area contributed by atoms with Gasteiger partial charge in [0.05, 0.1) is 0 Å². The zero-order valence-corrected chi connectivity index (χ0v) is 12.8. The topological polar surface area (TPSA) is 3.24 Å². The molecule has 0 aromatic rings. The van der Waals surface area contributed by atoms with Crippen LogP contribution in [-0.2, 0) is 0 Å². The van der Waals surface area contributed by atoms with Gasteiger partial charge in [0.15, 0.2) is 0 Å². The number of likely N-dealkylation sites (tertiary alicyclic amines) is 1. The molecule has 17 heavy (non-hydrogen) atoms. The van der Waals surface area contributed by atoms with E-state index >= 15 is 0 Å². The van der Waals surface area contributed by atoms with Crippen LogP contribution in [0.1, 0.15) is 72.6 Å². The maximum Gasteiger partial charge on any atom is 0.00354 e. The number of rotatable bonds is 1. The molecule has 1 saturated heterocycles. The lowest BCUT2D eigenvalue weighted by Gasteiger charge is -2.29. The molecule has 102 valence electrons. The predicted octanol–water partition coefficient (Wildman–Crippen LogP) is 4.71. The SMILES string of the molecule is CC.CCC1(C)CCCC2(CCN(C)C2)CC1. The van der Waals surface area contributed by atoms with E-state index in [1.807, 2.05) is 13.8 Å². The fourth-order valence-corrected chi connectivity index (χ4v) is 3.63. The largest absolute Gasteiger partial charge is 0.306 e. The van der Waals surface area contributed by atoms with E-state index in [2.05, 4.69) is 25.8 Å². The molecule has 1 heterocycles. The summed E-state index contributed by atoms with van der Waals surface area (Å²) in [7, 11) is 2.29.